The van der Waals surface area contributed by atoms with Gasteiger partial charge in [-0.25, -0.2) is 0 Å². The van der Waals surface area contributed by atoms with E-state index in [1.165, 1.54) is 11.3 Å². The van der Waals surface area contributed by atoms with Gasteiger partial charge in [0.05, 0.1) is 6.04 Å². The van der Waals surface area contributed by atoms with E-state index in [2.05, 4.69) is 15.5 Å². The number of likely N-dealkylation sites (tertiary alicyclic amines) is 1. The van der Waals surface area contributed by atoms with Gasteiger partial charge in [-0.3, -0.25) is 9.59 Å². The molecule has 0 aliphatic carbocycles. The predicted molar refractivity (Wildman–Crippen MR) is 114 cm³/mol. The van der Waals surface area contributed by atoms with E-state index in [9.17, 15) is 9.59 Å². The fourth-order valence-corrected chi connectivity index (χ4v) is 4.44. The van der Waals surface area contributed by atoms with E-state index in [0.29, 0.717) is 32.8 Å². The van der Waals surface area contributed by atoms with Crippen molar-refractivity contribution in [2.24, 2.45) is 0 Å². The SMILES string of the molecule is O=C(Nc1cccc(Cl)c1)c1nnc([C@@H]2CCCN2C(=O)c2ccc(Cl)cc2)s1. The van der Waals surface area contributed by atoms with Gasteiger partial charge in [-0.15, -0.1) is 10.2 Å². The molecule has 9 heteroatoms. The van der Waals surface area contributed by atoms with Gasteiger partial charge in [0.15, 0.2) is 0 Å². The highest BCUT2D eigenvalue weighted by Gasteiger charge is 2.33. The summed E-state index contributed by atoms with van der Waals surface area (Å²) in [6.45, 7) is 0.635. The zero-order valence-corrected chi connectivity index (χ0v) is 17.5. The van der Waals surface area contributed by atoms with Crippen molar-refractivity contribution in [3.63, 3.8) is 0 Å². The molecular formula is C20H16Cl2N4O2S. The van der Waals surface area contributed by atoms with Crippen LogP contribution in [0, 0.1) is 0 Å². The molecule has 1 aromatic heterocycles. The Bertz CT molecular complexity index is 1050. The molecule has 2 aromatic carbocycles. The van der Waals surface area contributed by atoms with Crippen LogP contribution in [0.4, 0.5) is 5.69 Å². The second-order valence-electron chi connectivity index (χ2n) is 6.57. The number of benzene rings is 2. The average Bonchev–Trinajstić information content (AvgIpc) is 3.37. The molecule has 0 spiro atoms. The number of aromatic nitrogens is 2. The summed E-state index contributed by atoms with van der Waals surface area (Å²) in [6.07, 6.45) is 1.65. The third-order valence-corrected chi connectivity index (χ3v) is 6.12. The predicted octanol–water partition coefficient (Wildman–Crippen LogP) is 5.07. The third-order valence-electron chi connectivity index (χ3n) is 4.61. The van der Waals surface area contributed by atoms with E-state index < -0.39 is 0 Å². The van der Waals surface area contributed by atoms with E-state index in [1.807, 2.05) is 0 Å². The second kappa shape index (κ2) is 8.49. The van der Waals surface area contributed by atoms with Crippen LogP contribution in [0.15, 0.2) is 48.5 Å². The van der Waals surface area contributed by atoms with Gasteiger partial charge in [0, 0.05) is 27.8 Å². The number of halogens is 2. The highest BCUT2D eigenvalue weighted by Crippen LogP contribution is 2.35. The summed E-state index contributed by atoms with van der Waals surface area (Å²) < 4.78 is 0. The van der Waals surface area contributed by atoms with Gasteiger partial charge in [0.25, 0.3) is 11.8 Å². The van der Waals surface area contributed by atoms with Crippen molar-refractivity contribution < 1.29 is 9.59 Å². The van der Waals surface area contributed by atoms with Crippen LogP contribution in [0.3, 0.4) is 0 Å². The van der Waals surface area contributed by atoms with Gasteiger partial charge < -0.3 is 10.2 Å². The molecule has 1 atom stereocenters. The fraction of sp³-hybridized carbons (Fsp3) is 0.200. The van der Waals surface area contributed by atoms with Crippen molar-refractivity contribution >= 4 is 52.0 Å². The summed E-state index contributed by atoms with van der Waals surface area (Å²) in [7, 11) is 0. The lowest BCUT2D eigenvalue weighted by molar-refractivity contribution is 0.0735. The molecule has 3 aromatic rings. The first-order valence-corrected chi connectivity index (χ1v) is 10.6. The second-order valence-corrected chi connectivity index (χ2v) is 8.46. The van der Waals surface area contributed by atoms with Crippen LogP contribution >= 0.6 is 34.5 Å². The minimum Gasteiger partial charge on any atom is -0.329 e. The maximum Gasteiger partial charge on any atom is 0.286 e. The molecule has 1 N–H and O–H groups in total. The number of rotatable bonds is 4. The van der Waals surface area contributed by atoms with Crippen LogP contribution in [0.5, 0.6) is 0 Å². The molecule has 0 unspecified atom stereocenters. The van der Waals surface area contributed by atoms with Gasteiger partial charge in [-0.05, 0) is 55.3 Å². The van der Waals surface area contributed by atoms with Crippen molar-refractivity contribution in [2.45, 2.75) is 18.9 Å². The van der Waals surface area contributed by atoms with Gasteiger partial charge in [-0.2, -0.15) is 0 Å². The lowest BCUT2D eigenvalue weighted by Crippen LogP contribution is -2.30. The molecule has 0 saturated carbocycles. The van der Waals surface area contributed by atoms with Crippen LogP contribution < -0.4 is 5.32 Å². The largest absolute Gasteiger partial charge is 0.329 e. The number of hydrogen-bond acceptors (Lipinski definition) is 5. The fourth-order valence-electron chi connectivity index (χ4n) is 3.24. The lowest BCUT2D eigenvalue weighted by Gasteiger charge is -2.22. The smallest absolute Gasteiger partial charge is 0.286 e. The van der Waals surface area contributed by atoms with E-state index in [0.717, 1.165) is 12.8 Å². The van der Waals surface area contributed by atoms with Gasteiger partial charge in [0.2, 0.25) is 5.01 Å². The Morgan fingerprint density at radius 1 is 1.07 bits per heavy atom. The molecule has 1 saturated heterocycles. The summed E-state index contributed by atoms with van der Waals surface area (Å²) >= 11 is 13.1. The summed E-state index contributed by atoms with van der Waals surface area (Å²) in [4.78, 5) is 27.2. The summed E-state index contributed by atoms with van der Waals surface area (Å²) in [5.41, 5.74) is 1.16. The molecule has 29 heavy (non-hydrogen) atoms. The van der Waals surface area contributed by atoms with E-state index in [-0.39, 0.29) is 22.9 Å². The Morgan fingerprint density at radius 2 is 1.86 bits per heavy atom. The average molecular weight is 447 g/mol. The first-order valence-electron chi connectivity index (χ1n) is 8.98. The zero-order valence-electron chi connectivity index (χ0n) is 15.1. The topological polar surface area (TPSA) is 75.2 Å². The molecule has 0 bridgehead atoms. The number of hydrogen-bond donors (Lipinski definition) is 1. The Kier molecular flexibility index (Phi) is 5.80. The molecule has 1 fully saturated rings. The molecular weight excluding hydrogens is 431 g/mol. The Morgan fingerprint density at radius 3 is 2.62 bits per heavy atom. The number of nitrogens with zero attached hydrogens (tertiary/aromatic N) is 3. The lowest BCUT2D eigenvalue weighted by atomic mass is 10.1. The summed E-state index contributed by atoms with van der Waals surface area (Å²) in [5.74, 6) is -0.436. The highest BCUT2D eigenvalue weighted by molar-refractivity contribution is 7.13. The molecule has 6 nitrogen and oxygen atoms in total. The maximum atomic E-state index is 12.9. The molecule has 148 valence electrons. The molecule has 1 aliphatic rings. The van der Waals surface area contributed by atoms with E-state index >= 15 is 0 Å². The number of nitrogens with one attached hydrogen (secondary N) is 1. The minimum absolute atomic E-state index is 0.0794. The van der Waals surface area contributed by atoms with Crippen LogP contribution in [-0.4, -0.2) is 33.5 Å². The highest BCUT2D eigenvalue weighted by atomic mass is 35.5. The van der Waals surface area contributed by atoms with Crippen molar-refractivity contribution in [1.82, 2.24) is 15.1 Å². The summed E-state index contributed by atoms with van der Waals surface area (Å²) in [6, 6.07) is 13.5. The Labute approximate surface area is 181 Å². The number of anilines is 1. The standard InChI is InChI=1S/C20H16Cl2N4O2S/c21-13-8-6-12(7-9-13)20(28)26-10-2-5-16(26)18-24-25-19(29-18)17(27)23-15-4-1-3-14(22)11-15/h1,3-4,6-9,11,16H,2,5,10H2,(H,23,27)/t16-/m0/s1. The van der Waals surface area contributed by atoms with Crippen LogP contribution in [0.25, 0.3) is 0 Å². The van der Waals surface area contributed by atoms with Crippen molar-refractivity contribution in [1.29, 1.82) is 0 Å². The Hall–Kier alpha value is -2.48. The summed E-state index contributed by atoms with van der Waals surface area (Å²) in [5, 5.41) is 13.0. The quantitative estimate of drug-likeness (QED) is 0.606. The Balaban J connectivity index is 1.49. The van der Waals surface area contributed by atoms with Crippen LogP contribution in [0.1, 0.15) is 44.1 Å². The zero-order chi connectivity index (χ0) is 20.4. The number of carbonyl (C=O) groups excluding carboxylic acids is 2. The van der Waals surface area contributed by atoms with E-state index in [4.69, 9.17) is 23.2 Å². The maximum absolute atomic E-state index is 12.9. The minimum atomic E-state index is -0.357. The molecule has 4 rings (SSSR count). The first kappa shape index (κ1) is 19.8. The van der Waals surface area contributed by atoms with Crippen molar-refractivity contribution in [3.8, 4) is 0 Å². The molecule has 0 radical (unpaired) electrons. The third kappa shape index (κ3) is 4.42. The van der Waals surface area contributed by atoms with Crippen LogP contribution in [-0.2, 0) is 0 Å². The molecule has 1 aliphatic heterocycles. The van der Waals surface area contributed by atoms with Gasteiger partial charge >= 0.3 is 0 Å². The van der Waals surface area contributed by atoms with E-state index in [1.54, 1.807) is 53.4 Å². The van der Waals surface area contributed by atoms with Crippen LogP contribution in [0.2, 0.25) is 10.0 Å². The first-order chi connectivity index (χ1) is 14.0. The monoisotopic (exact) mass is 446 g/mol. The molecule has 2 amide bonds. The van der Waals surface area contributed by atoms with Gasteiger partial charge in [0.1, 0.15) is 5.01 Å². The van der Waals surface area contributed by atoms with Crippen molar-refractivity contribution in [2.75, 3.05) is 11.9 Å². The normalized spacial score (nSPS) is 16.1. The van der Waals surface area contributed by atoms with Gasteiger partial charge in [-0.1, -0.05) is 40.6 Å². The van der Waals surface area contributed by atoms with Crippen molar-refractivity contribution in [3.05, 3.63) is 74.2 Å². The number of carbonyl (C=O) groups is 2. The number of amides is 2. The molecule has 2 heterocycles.